The van der Waals surface area contributed by atoms with Crippen LogP contribution in [0.25, 0.3) is 0 Å². The zero-order valence-electron chi connectivity index (χ0n) is 10.9. The zero-order valence-corrected chi connectivity index (χ0v) is 10.9. The first-order chi connectivity index (χ1) is 8.48. The third-order valence-electron chi connectivity index (χ3n) is 3.69. The van der Waals surface area contributed by atoms with Crippen molar-refractivity contribution in [3.8, 4) is 0 Å². The van der Waals surface area contributed by atoms with Crippen molar-refractivity contribution in [2.75, 3.05) is 26.2 Å². The van der Waals surface area contributed by atoms with E-state index in [0.717, 1.165) is 25.8 Å². The summed E-state index contributed by atoms with van der Waals surface area (Å²) < 4.78 is 39.7. The van der Waals surface area contributed by atoms with Crippen LogP contribution < -0.4 is 5.73 Å². The number of hydrogen-bond donors (Lipinski definition) is 1. The maximum Gasteiger partial charge on any atom is 0.522 e. The maximum atomic E-state index is 11.9. The van der Waals surface area contributed by atoms with E-state index in [0.29, 0.717) is 25.0 Å². The molecule has 0 heterocycles. The molecule has 0 aromatic rings. The average Bonchev–Trinajstić information content (AvgIpc) is 2.33. The Morgan fingerprint density at radius 3 is 2.50 bits per heavy atom. The van der Waals surface area contributed by atoms with E-state index in [9.17, 15) is 13.2 Å². The van der Waals surface area contributed by atoms with Crippen molar-refractivity contribution in [1.82, 2.24) is 4.90 Å². The summed E-state index contributed by atoms with van der Waals surface area (Å²) >= 11 is 0. The summed E-state index contributed by atoms with van der Waals surface area (Å²) in [5.41, 5.74) is 5.75. The van der Waals surface area contributed by atoms with Crippen LogP contribution in [0.15, 0.2) is 0 Å². The first-order valence-electron chi connectivity index (χ1n) is 6.62. The largest absolute Gasteiger partial charge is 0.522 e. The molecule has 0 saturated heterocycles. The van der Waals surface area contributed by atoms with Gasteiger partial charge in [0.1, 0.15) is 0 Å². The summed E-state index contributed by atoms with van der Waals surface area (Å²) in [6, 6.07) is 0.311. The summed E-state index contributed by atoms with van der Waals surface area (Å²) in [7, 11) is 0. The fourth-order valence-corrected chi connectivity index (χ4v) is 2.78. The van der Waals surface area contributed by atoms with Crippen LogP contribution in [0.2, 0.25) is 0 Å². The molecule has 0 spiro atoms. The van der Waals surface area contributed by atoms with Crippen LogP contribution in [0.5, 0.6) is 0 Å². The number of alkyl halides is 3. The van der Waals surface area contributed by atoms with Crippen molar-refractivity contribution in [1.29, 1.82) is 0 Å². The topological polar surface area (TPSA) is 38.5 Å². The molecule has 0 aromatic heterocycles. The van der Waals surface area contributed by atoms with Gasteiger partial charge in [0.05, 0.1) is 6.61 Å². The fraction of sp³-hybridized carbons (Fsp3) is 1.00. The summed E-state index contributed by atoms with van der Waals surface area (Å²) in [4.78, 5) is 2.07. The van der Waals surface area contributed by atoms with E-state index >= 15 is 0 Å². The summed E-state index contributed by atoms with van der Waals surface area (Å²) in [6.07, 6.45) is -0.106. The van der Waals surface area contributed by atoms with E-state index in [1.165, 1.54) is 6.42 Å². The molecule has 0 aliphatic heterocycles. The van der Waals surface area contributed by atoms with Crippen molar-refractivity contribution < 1.29 is 17.9 Å². The number of hydrogen-bond acceptors (Lipinski definition) is 3. The first-order valence-corrected chi connectivity index (χ1v) is 6.62. The molecule has 0 amide bonds. The summed E-state index contributed by atoms with van der Waals surface area (Å²) in [5.74, 6) is 0.407. The highest BCUT2D eigenvalue weighted by Crippen LogP contribution is 2.27. The van der Waals surface area contributed by atoms with Crippen molar-refractivity contribution in [2.24, 2.45) is 11.7 Å². The average molecular weight is 268 g/mol. The fourth-order valence-electron chi connectivity index (χ4n) is 2.78. The number of ether oxygens (including phenoxy) is 1. The van der Waals surface area contributed by atoms with Gasteiger partial charge in [-0.1, -0.05) is 19.8 Å². The Kier molecular flexibility index (Phi) is 6.38. The molecule has 1 rings (SSSR count). The third-order valence-corrected chi connectivity index (χ3v) is 3.69. The van der Waals surface area contributed by atoms with Gasteiger partial charge in [-0.3, -0.25) is 9.64 Å². The highest BCUT2D eigenvalue weighted by molar-refractivity contribution is 4.83. The summed E-state index contributed by atoms with van der Waals surface area (Å²) in [6.45, 7) is 3.34. The van der Waals surface area contributed by atoms with Crippen LogP contribution in [-0.2, 0) is 4.74 Å². The number of rotatable bonds is 6. The number of nitrogens with zero attached hydrogens (tertiary/aromatic N) is 1. The molecular weight excluding hydrogens is 245 g/mol. The lowest BCUT2D eigenvalue weighted by Crippen LogP contribution is -2.46. The van der Waals surface area contributed by atoms with Crippen molar-refractivity contribution in [3.05, 3.63) is 0 Å². The Labute approximate surface area is 106 Å². The van der Waals surface area contributed by atoms with Crippen LogP contribution >= 0.6 is 0 Å². The molecule has 2 atom stereocenters. The summed E-state index contributed by atoms with van der Waals surface area (Å²) in [5, 5.41) is 0. The van der Waals surface area contributed by atoms with E-state index in [4.69, 9.17) is 5.73 Å². The molecular formula is C12H23F3N2O. The molecule has 18 heavy (non-hydrogen) atoms. The molecule has 0 radical (unpaired) electrons. The SMILES string of the molecule is CCN(CCOC(F)(F)F)C1CCCCC1CN. The van der Waals surface area contributed by atoms with Crippen molar-refractivity contribution in [2.45, 2.75) is 45.0 Å². The molecule has 3 nitrogen and oxygen atoms in total. The molecule has 1 fully saturated rings. The number of halogens is 3. The molecule has 1 aliphatic rings. The Morgan fingerprint density at radius 2 is 1.94 bits per heavy atom. The normalized spacial score (nSPS) is 25.7. The molecule has 2 unspecified atom stereocenters. The van der Waals surface area contributed by atoms with Gasteiger partial charge in [0.25, 0.3) is 0 Å². The molecule has 2 N–H and O–H groups in total. The molecule has 0 bridgehead atoms. The van der Waals surface area contributed by atoms with Crippen LogP contribution in [0.4, 0.5) is 13.2 Å². The van der Waals surface area contributed by atoms with Gasteiger partial charge in [-0.15, -0.1) is 13.2 Å². The smallest absolute Gasteiger partial charge is 0.330 e. The van der Waals surface area contributed by atoms with Gasteiger partial charge in [0.15, 0.2) is 0 Å². The predicted molar refractivity (Wildman–Crippen MR) is 64.1 cm³/mol. The lowest BCUT2D eigenvalue weighted by atomic mass is 9.83. The standard InChI is InChI=1S/C12H23F3N2O/c1-2-17(7-8-18-12(13,14)15)11-6-4-3-5-10(11)9-16/h10-11H,2-9,16H2,1H3. The van der Waals surface area contributed by atoms with Crippen LogP contribution in [-0.4, -0.2) is 43.5 Å². The molecule has 1 aliphatic carbocycles. The monoisotopic (exact) mass is 268 g/mol. The lowest BCUT2D eigenvalue weighted by Gasteiger charge is -2.39. The van der Waals surface area contributed by atoms with Gasteiger partial charge in [0, 0.05) is 12.6 Å². The second-order valence-electron chi connectivity index (χ2n) is 4.77. The van der Waals surface area contributed by atoms with Gasteiger partial charge in [-0.25, -0.2) is 0 Å². The van der Waals surface area contributed by atoms with Gasteiger partial charge in [-0.2, -0.15) is 0 Å². The van der Waals surface area contributed by atoms with E-state index in [2.05, 4.69) is 9.64 Å². The van der Waals surface area contributed by atoms with Crippen molar-refractivity contribution in [3.63, 3.8) is 0 Å². The molecule has 0 aromatic carbocycles. The molecule has 1 saturated carbocycles. The Bertz CT molecular complexity index is 236. The van der Waals surface area contributed by atoms with E-state index in [-0.39, 0.29) is 6.61 Å². The minimum absolute atomic E-state index is 0.300. The highest BCUT2D eigenvalue weighted by Gasteiger charge is 2.31. The highest BCUT2D eigenvalue weighted by atomic mass is 19.4. The van der Waals surface area contributed by atoms with E-state index in [1.54, 1.807) is 0 Å². The minimum atomic E-state index is -4.53. The Hall–Kier alpha value is -0.330. The Balaban J connectivity index is 2.43. The Morgan fingerprint density at radius 1 is 1.28 bits per heavy atom. The second kappa shape index (κ2) is 7.31. The predicted octanol–water partition coefficient (Wildman–Crippen LogP) is 2.36. The zero-order chi connectivity index (χ0) is 13.6. The van der Waals surface area contributed by atoms with Gasteiger partial charge >= 0.3 is 6.36 Å². The number of likely N-dealkylation sites (N-methyl/N-ethyl adjacent to an activating group) is 1. The van der Waals surface area contributed by atoms with Gasteiger partial charge in [-0.05, 0) is 31.8 Å². The number of nitrogens with two attached hydrogens (primary N) is 1. The second-order valence-corrected chi connectivity index (χ2v) is 4.77. The molecule has 108 valence electrons. The quantitative estimate of drug-likeness (QED) is 0.803. The van der Waals surface area contributed by atoms with Crippen LogP contribution in [0, 0.1) is 5.92 Å². The van der Waals surface area contributed by atoms with Gasteiger partial charge < -0.3 is 5.73 Å². The van der Waals surface area contributed by atoms with E-state index in [1.807, 2.05) is 6.92 Å². The first kappa shape index (κ1) is 15.7. The van der Waals surface area contributed by atoms with Crippen molar-refractivity contribution >= 4 is 0 Å². The lowest BCUT2D eigenvalue weighted by molar-refractivity contribution is -0.325. The van der Waals surface area contributed by atoms with Crippen LogP contribution in [0.1, 0.15) is 32.6 Å². The maximum absolute atomic E-state index is 11.9. The van der Waals surface area contributed by atoms with Crippen LogP contribution in [0.3, 0.4) is 0 Å². The van der Waals surface area contributed by atoms with E-state index < -0.39 is 6.36 Å². The van der Waals surface area contributed by atoms with Gasteiger partial charge in [0.2, 0.25) is 0 Å². The minimum Gasteiger partial charge on any atom is -0.330 e. The third kappa shape index (κ3) is 5.12. The molecule has 6 heteroatoms.